The van der Waals surface area contributed by atoms with E-state index in [1.54, 1.807) is 0 Å². The fraction of sp³-hybridized carbons (Fsp3) is 0. The van der Waals surface area contributed by atoms with Gasteiger partial charge < -0.3 is 0 Å². The molecule has 2 aromatic rings. The van der Waals surface area contributed by atoms with Gasteiger partial charge in [-0.2, -0.15) is 0 Å². The van der Waals surface area contributed by atoms with Crippen LogP contribution in [-0.4, -0.2) is 42.0 Å². The number of fused-ring (bicyclic) bond motifs is 1. The zero-order chi connectivity index (χ0) is 8.55. The second kappa shape index (κ2) is 4.41. The predicted octanol–water partition coefficient (Wildman–Crippen LogP) is -0.361. The summed E-state index contributed by atoms with van der Waals surface area (Å²) in [6, 6.07) is 7.92. The van der Waals surface area contributed by atoms with Crippen molar-refractivity contribution in [2.24, 2.45) is 0 Å². The minimum atomic E-state index is 0. The van der Waals surface area contributed by atoms with E-state index in [-0.39, 0.29) is 12.4 Å². The summed E-state index contributed by atoms with van der Waals surface area (Å²) in [6.07, 6.45) is 0. The van der Waals surface area contributed by atoms with Gasteiger partial charge in [0.2, 0.25) is 0 Å². The minimum absolute atomic E-state index is 0. The third kappa shape index (κ3) is 2.22. The number of rotatable bonds is 0. The van der Waals surface area contributed by atoms with Gasteiger partial charge in [-0.05, 0) is 0 Å². The van der Waals surface area contributed by atoms with Gasteiger partial charge in [0.1, 0.15) is 0 Å². The predicted molar refractivity (Wildman–Crippen MR) is 57.6 cm³/mol. The zero-order valence-electron chi connectivity index (χ0n) is 6.43. The first-order chi connectivity index (χ1) is 5.77. The molecular formula is C8H5ClN2Se2. The molecule has 0 saturated heterocycles. The SMILES string of the molecule is Cl.[Se]c1nc([Se])c2ccccc2n1. The summed E-state index contributed by atoms with van der Waals surface area (Å²) in [6.45, 7) is 0. The molecular weight excluding hydrogens is 317 g/mol. The van der Waals surface area contributed by atoms with E-state index in [1.165, 1.54) is 0 Å². The third-order valence-corrected chi connectivity index (χ3v) is 2.58. The first kappa shape index (κ1) is 11.0. The summed E-state index contributed by atoms with van der Waals surface area (Å²) >= 11 is 5.71. The molecule has 2 rings (SSSR count). The number of hydrogen-bond acceptors (Lipinski definition) is 2. The van der Waals surface area contributed by atoms with Gasteiger partial charge in [0, 0.05) is 0 Å². The van der Waals surface area contributed by atoms with Crippen LogP contribution in [0.2, 0.25) is 0 Å². The van der Waals surface area contributed by atoms with Gasteiger partial charge in [0.05, 0.1) is 0 Å². The Balaban J connectivity index is 0.000000845. The summed E-state index contributed by atoms with van der Waals surface area (Å²) in [4.78, 5) is 8.43. The Labute approximate surface area is 98.6 Å². The molecule has 0 amide bonds. The first-order valence-electron chi connectivity index (χ1n) is 3.38. The monoisotopic (exact) mass is 324 g/mol. The average Bonchev–Trinajstić information content (AvgIpc) is 2.04. The number of halogens is 1. The van der Waals surface area contributed by atoms with E-state index < -0.39 is 0 Å². The molecule has 0 bridgehead atoms. The molecule has 1 aromatic heterocycles. The fourth-order valence-electron chi connectivity index (χ4n) is 1.03. The summed E-state index contributed by atoms with van der Waals surface area (Å²) in [5, 5.41) is 1.07. The van der Waals surface area contributed by atoms with Crippen LogP contribution in [0.4, 0.5) is 0 Å². The molecule has 1 aromatic carbocycles. The van der Waals surface area contributed by atoms with Crippen molar-refractivity contribution in [3.63, 3.8) is 0 Å². The van der Waals surface area contributed by atoms with Crippen LogP contribution >= 0.6 is 12.4 Å². The van der Waals surface area contributed by atoms with Crippen molar-refractivity contribution in [1.82, 2.24) is 9.97 Å². The van der Waals surface area contributed by atoms with E-state index in [0.29, 0.717) is 4.72 Å². The van der Waals surface area contributed by atoms with Crippen molar-refractivity contribution < 1.29 is 0 Å². The molecule has 0 N–H and O–H groups in total. The van der Waals surface area contributed by atoms with Gasteiger partial charge in [-0.3, -0.25) is 0 Å². The van der Waals surface area contributed by atoms with E-state index >= 15 is 0 Å². The molecule has 66 valence electrons. The molecule has 0 aliphatic carbocycles. The topological polar surface area (TPSA) is 25.8 Å². The molecule has 0 aliphatic rings. The third-order valence-electron chi connectivity index (χ3n) is 1.55. The van der Waals surface area contributed by atoms with E-state index in [0.717, 1.165) is 15.5 Å². The van der Waals surface area contributed by atoms with Gasteiger partial charge in [0.15, 0.2) is 0 Å². The molecule has 13 heavy (non-hydrogen) atoms. The van der Waals surface area contributed by atoms with Gasteiger partial charge >= 0.3 is 86.5 Å². The molecule has 0 spiro atoms. The summed E-state index contributed by atoms with van der Waals surface area (Å²) in [5.41, 5.74) is 0.968. The van der Waals surface area contributed by atoms with Crippen LogP contribution in [0.1, 0.15) is 0 Å². The van der Waals surface area contributed by atoms with Crippen LogP contribution in [0.3, 0.4) is 0 Å². The van der Waals surface area contributed by atoms with Crippen LogP contribution in [0.25, 0.3) is 10.9 Å². The summed E-state index contributed by atoms with van der Waals surface area (Å²) < 4.78 is 1.58. The number of nitrogens with zero attached hydrogens (tertiary/aromatic N) is 2. The summed E-state index contributed by atoms with van der Waals surface area (Å²) in [5.74, 6) is 0. The second-order valence-electron chi connectivity index (χ2n) is 2.33. The molecule has 2 radical (unpaired) electrons. The number of hydrogen-bond donors (Lipinski definition) is 0. The Morgan fingerprint density at radius 2 is 1.69 bits per heavy atom. The van der Waals surface area contributed by atoms with Gasteiger partial charge in [-0.15, -0.1) is 12.4 Å². The number of para-hydroxylation sites is 1. The molecule has 0 saturated carbocycles. The average molecular weight is 323 g/mol. The van der Waals surface area contributed by atoms with Crippen LogP contribution in [-0.2, 0) is 0 Å². The van der Waals surface area contributed by atoms with Crippen LogP contribution < -0.4 is 9.32 Å². The van der Waals surface area contributed by atoms with Crippen molar-refractivity contribution in [2.45, 2.75) is 0 Å². The molecule has 0 fully saturated rings. The standard InChI is InChI=1S/C8H4N2Se2.ClH/c11-7-5-3-1-2-4-6(5)9-8(12)10-7;/h1-4H;1H. The van der Waals surface area contributed by atoms with E-state index in [9.17, 15) is 0 Å². The Bertz CT molecular complexity index is 433. The number of aromatic nitrogens is 2. The van der Waals surface area contributed by atoms with E-state index in [4.69, 9.17) is 0 Å². The van der Waals surface area contributed by atoms with Crippen molar-refractivity contribution >= 4 is 64.7 Å². The van der Waals surface area contributed by atoms with Crippen LogP contribution in [0.15, 0.2) is 24.3 Å². The maximum atomic E-state index is 4.25. The first-order valence-corrected chi connectivity index (χ1v) is 5.09. The Kier molecular flexibility index (Phi) is 3.72. The van der Waals surface area contributed by atoms with Crippen LogP contribution in [0.5, 0.6) is 0 Å². The van der Waals surface area contributed by atoms with Crippen molar-refractivity contribution in [1.29, 1.82) is 0 Å². The fourth-order valence-corrected chi connectivity index (χ4v) is 2.26. The Morgan fingerprint density at radius 3 is 2.46 bits per heavy atom. The van der Waals surface area contributed by atoms with Gasteiger partial charge in [-0.25, -0.2) is 0 Å². The Morgan fingerprint density at radius 1 is 1.00 bits per heavy atom. The van der Waals surface area contributed by atoms with Crippen molar-refractivity contribution in [3.05, 3.63) is 24.3 Å². The second-order valence-corrected chi connectivity index (χ2v) is 3.91. The van der Waals surface area contributed by atoms with Crippen LogP contribution in [0, 0.1) is 0 Å². The quantitative estimate of drug-likeness (QED) is 0.619. The van der Waals surface area contributed by atoms with Crippen molar-refractivity contribution in [2.75, 3.05) is 0 Å². The maximum absolute atomic E-state index is 4.25. The summed E-state index contributed by atoms with van der Waals surface area (Å²) in [7, 11) is 0. The molecule has 2 nitrogen and oxygen atoms in total. The van der Waals surface area contributed by atoms with E-state index in [1.807, 2.05) is 24.3 Å². The van der Waals surface area contributed by atoms with Crippen molar-refractivity contribution in [3.8, 4) is 0 Å². The van der Waals surface area contributed by atoms with Gasteiger partial charge in [-0.1, -0.05) is 0 Å². The normalized spacial score (nSPS) is 9.54. The number of benzene rings is 1. The molecule has 0 atom stereocenters. The van der Waals surface area contributed by atoms with Gasteiger partial charge in [0.25, 0.3) is 0 Å². The molecule has 0 unspecified atom stereocenters. The zero-order valence-corrected chi connectivity index (χ0v) is 10.7. The Hall–Kier alpha value is -0.111. The molecule has 0 aliphatic heterocycles. The van der Waals surface area contributed by atoms with E-state index in [2.05, 4.69) is 42.0 Å². The molecule has 5 heteroatoms. The molecule has 1 heterocycles.